The molecule has 0 aliphatic heterocycles. The summed E-state index contributed by atoms with van der Waals surface area (Å²) in [5.41, 5.74) is 0.0831. The molecule has 124 valence electrons. The van der Waals surface area contributed by atoms with Crippen LogP contribution in [0.2, 0.25) is 0 Å². The molecule has 0 saturated heterocycles. The van der Waals surface area contributed by atoms with Crippen molar-refractivity contribution < 1.29 is 9.90 Å². The molecule has 1 spiro atoms. The molecule has 4 aliphatic carbocycles. The van der Waals surface area contributed by atoms with Gasteiger partial charge >= 0.3 is 0 Å². The van der Waals surface area contributed by atoms with Crippen molar-refractivity contribution in [3.05, 3.63) is 0 Å². The van der Waals surface area contributed by atoms with Gasteiger partial charge in [0.15, 0.2) is 0 Å². The van der Waals surface area contributed by atoms with Crippen LogP contribution in [0.15, 0.2) is 0 Å². The number of hydrogen-bond donors (Lipinski definition) is 1. The summed E-state index contributed by atoms with van der Waals surface area (Å²) < 4.78 is 0. The molecule has 2 nitrogen and oxygen atoms in total. The van der Waals surface area contributed by atoms with Crippen LogP contribution >= 0.6 is 0 Å². The van der Waals surface area contributed by atoms with E-state index >= 15 is 0 Å². The first-order valence-corrected chi connectivity index (χ1v) is 9.38. The van der Waals surface area contributed by atoms with Crippen molar-refractivity contribution in [1.29, 1.82) is 0 Å². The Hall–Kier alpha value is -0.370. The van der Waals surface area contributed by atoms with Crippen LogP contribution < -0.4 is 0 Å². The molecule has 4 saturated carbocycles. The molecule has 0 unspecified atom stereocenters. The van der Waals surface area contributed by atoms with E-state index in [-0.39, 0.29) is 5.41 Å². The maximum absolute atomic E-state index is 12.5. The number of hydrogen-bond acceptors (Lipinski definition) is 2. The second-order valence-electron chi connectivity index (χ2n) is 10.2. The van der Waals surface area contributed by atoms with Crippen molar-refractivity contribution in [2.45, 2.75) is 84.7 Å². The smallest absolute Gasteiger partial charge is 0.138 e. The Labute approximate surface area is 135 Å². The molecule has 1 N–H and O–H groups in total. The van der Waals surface area contributed by atoms with E-state index in [0.717, 1.165) is 25.2 Å². The molecule has 2 heteroatoms. The van der Waals surface area contributed by atoms with E-state index in [9.17, 15) is 9.90 Å². The Kier molecular flexibility index (Phi) is 2.88. The Morgan fingerprint density at radius 2 is 1.73 bits per heavy atom. The molecule has 0 aromatic carbocycles. The fourth-order valence-electron chi connectivity index (χ4n) is 7.82. The normalized spacial score (nSPS) is 56.4. The van der Waals surface area contributed by atoms with Gasteiger partial charge < -0.3 is 5.11 Å². The van der Waals surface area contributed by atoms with Crippen LogP contribution in [-0.2, 0) is 4.79 Å². The van der Waals surface area contributed by atoms with Gasteiger partial charge in [-0.1, -0.05) is 20.8 Å². The van der Waals surface area contributed by atoms with Crippen LogP contribution in [0.25, 0.3) is 0 Å². The quantitative estimate of drug-likeness (QED) is 0.722. The molecule has 0 aromatic rings. The Morgan fingerprint density at radius 3 is 2.45 bits per heavy atom. The van der Waals surface area contributed by atoms with Gasteiger partial charge in [-0.25, -0.2) is 0 Å². The monoisotopic (exact) mass is 304 g/mol. The van der Waals surface area contributed by atoms with Crippen LogP contribution in [0.4, 0.5) is 0 Å². The van der Waals surface area contributed by atoms with Gasteiger partial charge in [-0.2, -0.15) is 0 Å². The summed E-state index contributed by atoms with van der Waals surface area (Å²) >= 11 is 0. The summed E-state index contributed by atoms with van der Waals surface area (Å²) in [6.07, 6.45) is 8.99. The molecule has 0 amide bonds. The zero-order chi connectivity index (χ0) is 16.0. The first-order valence-electron chi connectivity index (χ1n) is 9.38. The highest BCUT2D eigenvalue weighted by molar-refractivity contribution is 5.85. The molecule has 4 aliphatic rings. The maximum atomic E-state index is 12.5. The molecule has 4 rings (SSSR count). The van der Waals surface area contributed by atoms with Crippen molar-refractivity contribution in [3.63, 3.8) is 0 Å². The Bertz CT molecular complexity index is 520. The number of fused-ring (bicyclic) bond motifs is 3. The van der Waals surface area contributed by atoms with E-state index in [4.69, 9.17) is 0 Å². The van der Waals surface area contributed by atoms with Gasteiger partial charge in [0.25, 0.3) is 0 Å². The molecule has 0 aromatic heterocycles. The highest BCUT2D eigenvalue weighted by Gasteiger charge is 2.67. The average Bonchev–Trinajstić information content (AvgIpc) is 2.60. The fraction of sp³-hybridized carbons (Fsp3) is 0.950. The van der Waals surface area contributed by atoms with Crippen molar-refractivity contribution in [2.75, 3.05) is 0 Å². The van der Waals surface area contributed by atoms with Crippen molar-refractivity contribution in [1.82, 2.24) is 0 Å². The SMILES string of the molecule is CC1(C)C(=O)CC[C@@]2(C)[C@@H]1CC[C@@]13C[C@@H](CC[C@@H]12)[C@@](C)(O)C3. The summed E-state index contributed by atoms with van der Waals surface area (Å²) in [6, 6.07) is 0. The van der Waals surface area contributed by atoms with Crippen LogP contribution in [0, 0.1) is 34.0 Å². The first kappa shape index (κ1) is 15.2. The number of Topliss-reactive ketones (excluding diaryl/α,β-unsaturated/α-hetero) is 1. The minimum Gasteiger partial charge on any atom is -0.390 e. The van der Waals surface area contributed by atoms with Gasteiger partial charge in [-0.15, -0.1) is 0 Å². The number of carbonyl (C=O) groups is 1. The molecule has 0 heterocycles. The van der Waals surface area contributed by atoms with Gasteiger partial charge in [-0.3, -0.25) is 4.79 Å². The van der Waals surface area contributed by atoms with E-state index < -0.39 is 5.60 Å². The molecule has 22 heavy (non-hydrogen) atoms. The lowest BCUT2D eigenvalue weighted by Crippen LogP contribution is -2.58. The Morgan fingerprint density at radius 1 is 1.00 bits per heavy atom. The van der Waals surface area contributed by atoms with Crippen LogP contribution in [0.1, 0.15) is 79.1 Å². The lowest BCUT2D eigenvalue weighted by molar-refractivity contribution is -0.165. The Balaban J connectivity index is 1.74. The molecule has 6 atom stereocenters. The predicted molar refractivity (Wildman–Crippen MR) is 87.4 cm³/mol. The fourth-order valence-corrected chi connectivity index (χ4v) is 7.82. The topological polar surface area (TPSA) is 37.3 Å². The highest BCUT2D eigenvalue weighted by atomic mass is 16.3. The summed E-state index contributed by atoms with van der Waals surface area (Å²) in [4.78, 5) is 12.5. The maximum Gasteiger partial charge on any atom is 0.138 e. The molecular formula is C20H32O2. The lowest BCUT2D eigenvalue weighted by Gasteiger charge is -2.63. The number of carbonyl (C=O) groups excluding carboxylic acids is 1. The van der Waals surface area contributed by atoms with Gasteiger partial charge in [0, 0.05) is 11.8 Å². The molecule has 0 radical (unpaired) electrons. The third kappa shape index (κ3) is 1.68. The summed E-state index contributed by atoms with van der Waals surface area (Å²) in [6.45, 7) is 8.97. The zero-order valence-corrected chi connectivity index (χ0v) is 14.7. The average molecular weight is 304 g/mol. The van der Waals surface area contributed by atoms with Gasteiger partial charge in [-0.05, 0) is 80.5 Å². The van der Waals surface area contributed by atoms with E-state index in [1.54, 1.807) is 0 Å². The third-order valence-corrected chi connectivity index (χ3v) is 8.79. The highest BCUT2D eigenvalue weighted by Crippen LogP contribution is 2.72. The number of ketones is 1. The number of aliphatic hydroxyl groups is 1. The second kappa shape index (κ2) is 4.18. The standard InChI is InChI=1S/C20H32O2/c1-17(2)14-7-10-20-11-13(19(4,22)12-20)5-6-15(20)18(14,3)9-8-16(17)21/h13-15,22H,5-12H2,1-4H3/t13-,14-,15-,18+,19+,20+/m1/s1. The summed E-state index contributed by atoms with van der Waals surface area (Å²) in [7, 11) is 0. The van der Waals surface area contributed by atoms with Crippen LogP contribution in [0.5, 0.6) is 0 Å². The van der Waals surface area contributed by atoms with Crippen LogP contribution in [0.3, 0.4) is 0 Å². The van der Waals surface area contributed by atoms with Crippen molar-refractivity contribution in [2.24, 2.45) is 34.0 Å². The van der Waals surface area contributed by atoms with Crippen molar-refractivity contribution >= 4 is 5.78 Å². The lowest BCUT2D eigenvalue weighted by atomic mass is 9.41. The summed E-state index contributed by atoms with van der Waals surface area (Å²) in [5, 5.41) is 10.9. The van der Waals surface area contributed by atoms with E-state index in [1.807, 2.05) is 0 Å². The minimum atomic E-state index is -0.446. The summed E-state index contributed by atoms with van der Waals surface area (Å²) in [5.74, 6) is 2.26. The predicted octanol–water partition coefficient (Wildman–Crippen LogP) is 4.35. The first-order chi connectivity index (χ1) is 10.1. The third-order valence-electron chi connectivity index (χ3n) is 8.79. The minimum absolute atomic E-state index is 0.146. The van der Waals surface area contributed by atoms with Crippen LogP contribution in [-0.4, -0.2) is 16.5 Å². The number of rotatable bonds is 0. The molecular weight excluding hydrogens is 272 g/mol. The molecule has 4 fully saturated rings. The zero-order valence-electron chi connectivity index (χ0n) is 14.7. The largest absolute Gasteiger partial charge is 0.390 e. The van der Waals surface area contributed by atoms with Gasteiger partial charge in [0.2, 0.25) is 0 Å². The van der Waals surface area contributed by atoms with E-state index in [1.165, 1.54) is 32.1 Å². The molecule has 2 bridgehead atoms. The second-order valence-corrected chi connectivity index (χ2v) is 10.2. The van der Waals surface area contributed by atoms with E-state index in [0.29, 0.717) is 28.4 Å². The van der Waals surface area contributed by atoms with Gasteiger partial charge in [0.1, 0.15) is 5.78 Å². The van der Waals surface area contributed by atoms with Gasteiger partial charge in [0.05, 0.1) is 5.60 Å². The van der Waals surface area contributed by atoms with E-state index in [2.05, 4.69) is 27.7 Å². The van der Waals surface area contributed by atoms with Crippen molar-refractivity contribution in [3.8, 4) is 0 Å².